The number of ether oxygens (including phenoxy) is 1. The third kappa shape index (κ3) is 4.52. The predicted octanol–water partition coefficient (Wildman–Crippen LogP) is 2.31. The molecule has 1 amide bonds. The molecule has 0 saturated carbocycles. The van der Waals surface area contributed by atoms with Crippen molar-refractivity contribution in [3.8, 4) is 0 Å². The number of carbonyl (C=O) groups is 1. The summed E-state index contributed by atoms with van der Waals surface area (Å²) in [6.45, 7) is 3.97. The number of nitrogens with zero attached hydrogens (tertiary/aromatic N) is 2. The molecule has 0 radical (unpaired) electrons. The Morgan fingerprint density at radius 3 is 3.08 bits per heavy atom. The topological polar surface area (TPSA) is 76.1 Å². The molecule has 1 unspecified atom stereocenters. The second-order valence-corrected chi connectivity index (χ2v) is 5.95. The Labute approximate surface area is 141 Å². The summed E-state index contributed by atoms with van der Waals surface area (Å²) in [5, 5.41) is 6.02. The first kappa shape index (κ1) is 16.4. The van der Waals surface area contributed by atoms with E-state index in [2.05, 4.69) is 39.7 Å². The molecule has 2 aromatic rings. The Balaban J connectivity index is 1.55. The fourth-order valence-electron chi connectivity index (χ4n) is 2.68. The van der Waals surface area contributed by atoms with Crippen LogP contribution in [0.25, 0.3) is 0 Å². The molecule has 6 nitrogen and oxygen atoms in total. The van der Waals surface area contributed by atoms with Gasteiger partial charge in [0.15, 0.2) is 0 Å². The van der Waals surface area contributed by atoms with E-state index in [1.807, 2.05) is 12.1 Å². The molecule has 1 atom stereocenters. The van der Waals surface area contributed by atoms with Crippen molar-refractivity contribution in [2.24, 2.45) is 0 Å². The Morgan fingerprint density at radius 2 is 2.29 bits per heavy atom. The fraction of sp³-hybridized carbons (Fsp3) is 0.389. The van der Waals surface area contributed by atoms with Gasteiger partial charge >= 0.3 is 0 Å². The minimum Gasteiger partial charge on any atom is -0.376 e. The molecule has 2 N–H and O–H groups in total. The van der Waals surface area contributed by atoms with Crippen LogP contribution < -0.4 is 10.6 Å². The number of nitrogens with one attached hydrogen (secondary N) is 2. The predicted molar refractivity (Wildman–Crippen MR) is 91.8 cm³/mol. The monoisotopic (exact) mass is 326 g/mol. The molecule has 24 heavy (non-hydrogen) atoms. The zero-order valence-corrected chi connectivity index (χ0v) is 13.8. The van der Waals surface area contributed by atoms with Crippen LogP contribution in [0.1, 0.15) is 34.5 Å². The molecule has 1 aliphatic rings. The first-order valence-electron chi connectivity index (χ1n) is 8.23. The molecular formula is C18H22N4O2. The number of aromatic nitrogens is 2. The smallest absolute Gasteiger partial charge is 0.270 e. The molecule has 3 rings (SSSR count). The molecule has 2 heterocycles. The summed E-state index contributed by atoms with van der Waals surface area (Å²) < 4.78 is 5.50. The molecule has 1 fully saturated rings. The first-order valence-corrected chi connectivity index (χ1v) is 8.23. The number of carbonyl (C=O) groups excluding carboxylic acids is 1. The van der Waals surface area contributed by atoms with Crippen molar-refractivity contribution in [3.05, 3.63) is 53.3 Å². The summed E-state index contributed by atoms with van der Waals surface area (Å²) >= 11 is 0. The van der Waals surface area contributed by atoms with Crippen LogP contribution in [0.4, 0.5) is 5.95 Å². The lowest BCUT2D eigenvalue weighted by molar-refractivity contribution is 0.0853. The van der Waals surface area contributed by atoms with E-state index in [0.29, 0.717) is 24.7 Å². The van der Waals surface area contributed by atoms with Crippen LogP contribution in [-0.2, 0) is 11.3 Å². The van der Waals surface area contributed by atoms with Crippen molar-refractivity contribution in [2.45, 2.75) is 32.4 Å². The standard InChI is InChI=1S/C18H22N4O2/c1-13-4-2-5-14(10-13)11-21-18-19-8-7-16(22-18)17(23)20-12-15-6-3-9-24-15/h2,4-5,7-8,10,15H,3,6,9,11-12H2,1H3,(H,20,23)(H,19,21,22). The van der Waals surface area contributed by atoms with Gasteiger partial charge < -0.3 is 15.4 Å². The quantitative estimate of drug-likeness (QED) is 0.852. The zero-order valence-electron chi connectivity index (χ0n) is 13.8. The van der Waals surface area contributed by atoms with Crippen LogP contribution >= 0.6 is 0 Å². The van der Waals surface area contributed by atoms with E-state index in [4.69, 9.17) is 4.74 Å². The Morgan fingerprint density at radius 1 is 1.38 bits per heavy atom. The number of hydrogen-bond donors (Lipinski definition) is 2. The molecule has 1 aromatic carbocycles. The summed E-state index contributed by atoms with van der Waals surface area (Å²) in [7, 11) is 0. The van der Waals surface area contributed by atoms with Crippen molar-refractivity contribution in [3.63, 3.8) is 0 Å². The van der Waals surface area contributed by atoms with Crippen molar-refractivity contribution in [1.29, 1.82) is 0 Å². The van der Waals surface area contributed by atoms with E-state index < -0.39 is 0 Å². The molecule has 1 aliphatic heterocycles. The van der Waals surface area contributed by atoms with E-state index in [9.17, 15) is 4.79 Å². The summed E-state index contributed by atoms with van der Waals surface area (Å²) in [5.74, 6) is 0.243. The molecule has 1 saturated heterocycles. The maximum atomic E-state index is 12.2. The van der Waals surface area contributed by atoms with E-state index in [0.717, 1.165) is 25.0 Å². The maximum absolute atomic E-state index is 12.2. The number of rotatable bonds is 6. The van der Waals surface area contributed by atoms with Gasteiger partial charge in [0, 0.05) is 25.9 Å². The molecule has 126 valence electrons. The van der Waals surface area contributed by atoms with Gasteiger partial charge in [0.1, 0.15) is 5.69 Å². The Hall–Kier alpha value is -2.47. The van der Waals surface area contributed by atoms with Gasteiger partial charge in [0.25, 0.3) is 5.91 Å². The minimum atomic E-state index is -0.202. The van der Waals surface area contributed by atoms with E-state index in [1.165, 1.54) is 5.56 Å². The van der Waals surface area contributed by atoms with Crippen LogP contribution in [-0.4, -0.2) is 35.1 Å². The number of anilines is 1. The molecule has 0 aliphatic carbocycles. The number of amides is 1. The highest BCUT2D eigenvalue weighted by Crippen LogP contribution is 2.11. The molecule has 6 heteroatoms. The van der Waals surface area contributed by atoms with Gasteiger partial charge in [-0.2, -0.15) is 0 Å². The van der Waals surface area contributed by atoms with E-state index >= 15 is 0 Å². The van der Waals surface area contributed by atoms with Crippen LogP contribution in [0.5, 0.6) is 0 Å². The average molecular weight is 326 g/mol. The number of hydrogen-bond acceptors (Lipinski definition) is 5. The lowest BCUT2D eigenvalue weighted by Gasteiger charge is -2.11. The Bertz CT molecular complexity index is 699. The van der Waals surface area contributed by atoms with Crippen molar-refractivity contribution in [2.75, 3.05) is 18.5 Å². The number of aryl methyl sites for hydroxylation is 1. The molecular weight excluding hydrogens is 304 g/mol. The molecule has 1 aromatic heterocycles. The van der Waals surface area contributed by atoms with Gasteiger partial charge in [0.05, 0.1) is 6.10 Å². The van der Waals surface area contributed by atoms with Gasteiger partial charge in [-0.25, -0.2) is 9.97 Å². The van der Waals surface area contributed by atoms with Crippen molar-refractivity contribution < 1.29 is 9.53 Å². The lowest BCUT2D eigenvalue weighted by Crippen LogP contribution is -2.32. The molecule has 0 bridgehead atoms. The summed E-state index contributed by atoms with van der Waals surface area (Å²) in [4.78, 5) is 20.6. The fourth-order valence-corrected chi connectivity index (χ4v) is 2.68. The van der Waals surface area contributed by atoms with Crippen molar-refractivity contribution in [1.82, 2.24) is 15.3 Å². The third-order valence-electron chi connectivity index (χ3n) is 3.94. The highest BCUT2D eigenvalue weighted by molar-refractivity contribution is 5.92. The minimum absolute atomic E-state index is 0.120. The summed E-state index contributed by atoms with van der Waals surface area (Å²) in [5.41, 5.74) is 2.71. The lowest BCUT2D eigenvalue weighted by atomic mass is 10.1. The highest BCUT2D eigenvalue weighted by atomic mass is 16.5. The SMILES string of the molecule is Cc1cccc(CNc2nccc(C(=O)NCC3CCCO3)n2)c1. The maximum Gasteiger partial charge on any atom is 0.270 e. The van der Waals surface area contributed by atoms with Gasteiger partial charge in [-0.1, -0.05) is 29.8 Å². The number of benzene rings is 1. The Kier molecular flexibility index (Phi) is 5.38. The second-order valence-electron chi connectivity index (χ2n) is 5.95. The van der Waals surface area contributed by atoms with Crippen LogP contribution in [0, 0.1) is 6.92 Å². The van der Waals surface area contributed by atoms with E-state index in [-0.39, 0.29) is 12.0 Å². The highest BCUT2D eigenvalue weighted by Gasteiger charge is 2.17. The average Bonchev–Trinajstić information content (AvgIpc) is 3.12. The van der Waals surface area contributed by atoms with Crippen LogP contribution in [0.2, 0.25) is 0 Å². The normalized spacial score (nSPS) is 16.8. The summed E-state index contributed by atoms with van der Waals surface area (Å²) in [6.07, 6.45) is 3.76. The third-order valence-corrected chi connectivity index (χ3v) is 3.94. The summed E-state index contributed by atoms with van der Waals surface area (Å²) in [6, 6.07) is 9.83. The first-order chi connectivity index (χ1) is 11.7. The van der Waals surface area contributed by atoms with E-state index in [1.54, 1.807) is 12.3 Å². The van der Waals surface area contributed by atoms with Crippen LogP contribution in [0.3, 0.4) is 0 Å². The van der Waals surface area contributed by atoms with Gasteiger partial charge in [-0.3, -0.25) is 4.79 Å². The zero-order chi connectivity index (χ0) is 16.8. The molecule has 0 spiro atoms. The van der Waals surface area contributed by atoms with Gasteiger partial charge in [-0.05, 0) is 31.4 Å². The van der Waals surface area contributed by atoms with Crippen LogP contribution in [0.15, 0.2) is 36.5 Å². The van der Waals surface area contributed by atoms with Gasteiger partial charge in [0.2, 0.25) is 5.95 Å². The van der Waals surface area contributed by atoms with Crippen molar-refractivity contribution >= 4 is 11.9 Å². The second kappa shape index (κ2) is 7.88. The largest absolute Gasteiger partial charge is 0.376 e. The van der Waals surface area contributed by atoms with Gasteiger partial charge in [-0.15, -0.1) is 0 Å².